The quantitative estimate of drug-likeness (QED) is 0.668. The summed E-state index contributed by atoms with van der Waals surface area (Å²) in [4.78, 5) is 34.2. The predicted molar refractivity (Wildman–Crippen MR) is 92.6 cm³/mol. The summed E-state index contributed by atoms with van der Waals surface area (Å²) in [5.41, 5.74) is 4.17. The first-order valence-electron chi connectivity index (χ1n) is 7.97. The number of aromatic nitrogens is 3. The molecule has 0 radical (unpaired) electrons. The number of hydrogen-bond acceptors (Lipinski definition) is 6. The maximum atomic E-state index is 12.7. The van der Waals surface area contributed by atoms with Gasteiger partial charge in [0.25, 0.3) is 5.56 Å². The molecule has 0 unspecified atom stereocenters. The van der Waals surface area contributed by atoms with E-state index in [1.165, 1.54) is 46.9 Å². The van der Waals surface area contributed by atoms with Gasteiger partial charge in [-0.15, -0.1) is 11.3 Å². The van der Waals surface area contributed by atoms with Gasteiger partial charge in [0, 0.05) is 11.1 Å². The molecule has 1 aliphatic rings. The molecule has 3 aromatic heterocycles. The highest BCUT2D eigenvalue weighted by Gasteiger charge is 2.22. The molecule has 0 bridgehead atoms. The number of nitrogens with zero attached hydrogens (tertiary/aromatic N) is 3. The summed E-state index contributed by atoms with van der Waals surface area (Å²) in [7, 11) is 1.30. The molecule has 1 aliphatic carbocycles. The minimum Gasteiger partial charge on any atom is -0.468 e. The minimum atomic E-state index is -0.467. The molecule has 124 valence electrons. The van der Waals surface area contributed by atoms with Crippen LogP contribution in [0.2, 0.25) is 0 Å². The monoisotopic (exact) mass is 343 g/mol. The molecule has 0 saturated heterocycles. The summed E-state index contributed by atoms with van der Waals surface area (Å²) in [5.74, 6) is -0.467. The Hall–Kier alpha value is -2.28. The van der Waals surface area contributed by atoms with Crippen molar-refractivity contribution in [3.63, 3.8) is 0 Å². The van der Waals surface area contributed by atoms with E-state index in [2.05, 4.69) is 9.72 Å². The third-order valence-electron chi connectivity index (χ3n) is 4.65. The average Bonchev–Trinajstić information content (AvgIpc) is 2.96. The number of pyridine rings is 1. The number of esters is 1. The van der Waals surface area contributed by atoms with Crippen molar-refractivity contribution in [2.75, 3.05) is 7.11 Å². The molecule has 0 N–H and O–H groups in total. The first-order chi connectivity index (χ1) is 11.6. The topological polar surface area (TPSA) is 74.1 Å². The lowest BCUT2D eigenvalue weighted by atomic mass is 9.89. The summed E-state index contributed by atoms with van der Waals surface area (Å²) >= 11 is 1.37. The van der Waals surface area contributed by atoms with Gasteiger partial charge in [-0.3, -0.25) is 14.2 Å². The molecule has 0 atom stereocenters. The second-order valence-corrected chi connectivity index (χ2v) is 7.07. The van der Waals surface area contributed by atoms with Gasteiger partial charge in [0.2, 0.25) is 0 Å². The Bertz CT molecular complexity index is 1040. The second kappa shape index (κ2) is 5.66. The van der Waals surface area contributed by atoms with Crippen molar-refractivity contribution in [3.8, 4) is 0 Å². The molecule has 0 amide bonds. The Balaban J connectivity index is 2.00. The van der Waals surface area contributed by atoms with Crippen molar-refractivity contribution >= 4 is 37.7 Å². The number of fused-ring (bicyclic) bond motifs is 5. The van der Waals surface area contributed by atoms with E-state index in [-0.39, 0.29) is 12.1 Å². The van der Waals surface area contributed by atoms with Crippen molar-refractivity contribution in [2.24, 2.45) is 0 Å². The molecule has 3 heterocycles. The van der Waals surface area contributed by atoms with Gasteiger partial charge in [-0.1, -0.05) is 0 Å². The van der Waals surface area contributed by atoms with Gasteiger partial charge in [0.05, 0.1) is 19.0 Å². The molecule has 6 nitrogen and oxygen atoms in total. The molecule has 7 heteroatoms. The van der Waals surface area contributed by atoms with Gasteiger partial charge in [0.15, 0.2) is 0 Å². The zero-order valence-electron chi connectivity index (χ0n) is 13.6. The van der Waals surface area contributed by atoms with Gasteiger partial charge in [-0.05, 0) is 43.7 Å². The lowest BCUT2D eigenvalue weighted by Crippen LogP contribution is -2.24. The minimum absolute atomic E-state index is 0.128. The van der Waals surface area contributed by atoms with Crippen LogP contribution in [0.25, 0.3) is 20.4 Å². The van der Waals surface area contributed by atoms with Crippen LogP contribution < -0.4 is 5.56 Å². The first-order valence-corrected chi connectivity index (χ1v) is 8.78. The van der Waals surface area contributed by atoms with Crippen molar-refractivity contribution in [1.29, 1.82) is 0 Å². The molecule has 0 aliphatic heterocycles. The number of aryl methyl sites for hydroxylation is 2. The van der Waals surface area contributed by atoms with Crippen LogP contribution in [0.3, 0.4) is 0 Å². The summed E-state index contributed by atoms with van der Waals surface area (Å²) in [5, 5.41) is 1.03. The molecule has 0 fully saturated rings. The molecule has 0 saturated carbocycles. The van der Waals surface area contributed by atoms with E-state index in [1.54, 1.807) is 0 Å². The fourth-order valence-electron chi connectivity index (χ4n) is 3.46. The molecule has 0 spiro atoms. The smallest absolute Gasteiger partial charge is 0.325 e. The fourth-order valence-corrected chi connectivity index (χ4v) is 4.61. The molecule has 24 heavy (non-hydrogen) atoms. The van der Waals surface area contributed by atoms with Gasteiger partial charge < -0.3 is 4.74 Å². The van der Waals surface area contributed by atoms with Crippen LogP contribution in [0.1, 0.15) is 29.7 Å². The molecule has 4 rings (SSSR count). The van der Waals surface area contributed by atoms with E-state index in [4.69, 9.17) is 4.98 Å². The Morgan fingerprint density at radius 3 is 2.83 bits per heavy atom. The highest BCUT2D eigenvalue weighted by Crippen LogP contribution is 2.37. The SMILES string of the molecule is COC(=O)Cn1cnc2c(sc3nc(C)c4c(c32)CCCC4)c1=O. The second-order valence-electron chi connectivity index (χ2n) is 6.08. The summed E-state index contributed by atoms with van der Waals surface area (Å²) in [6, 6.07) is 0. The van der Waals surface area contributed by atoms with Crippen LogP contribution in [-0.2, 0) is 28.9 Å². The van der Waals surface area contributed by atoms with E-state index < -0.39 is 5.97 Å². The van der Waals surface area contributed by atoms with Crippen LogP contribution in [0.4, 0.5) is 0 Å². The highest BCUT2D eigenvalue weighted by molar-refractivity contribution is 7.25. The highest BCUT2D eigenvalue weighted by atomic mass is 32.1. The number of rotatable bonds is 2. The fraction of sp³-hybridized carbons (Fsp3) is 0.412. The van der Waals surface area contributed by atoms with Crippen molar-refractivity contribution in [3.05, 3.63) is 33.5 Å². The van der Waals surface area contributed by atoms with Gasteiger partial charge in [0.1, 0.15) is 16.1 Å². The lowest BCUT2D eigenvalue weighted by Gasteiger charge is -2.18. The zero-order valence-corrected chi connectivity index (χ0v) is 14.4. The maximum Gasteiger partial charge on any atom is 0.325 e. The summed E-state index contributed by atoms with van der Waals surface area (Å²) in [6.07, 6.45) is 5.82. The number of methoxy groups -OCH3 is 1. The largest absolute Gasteiger partial charge is 0.468 e. The first kappa shape index (κ1) is 15.3. The van der Waals surface area contributed by atoms with E-state index in [0.29, 0.717) is 10.2 Å². The molecular formula is C17H17N3O3S. The van der Waals surface area contributed by atoms with Gasteiger partial charge >= 0.3 is 5.97 Å². The van der Waals surface area contributed by atoms with Crippen LogP contribution in [0, 0.1) is 6.92 Å². The van der Waals surface area contributed by atoms with E-state index in [0.717, 1.165) is 35.2 Å². The van der Waals surface area contributed by atoms with E-state index in [9.17, 15) is 9.59 Å². The van der Waals surface area contributed by atoms with E-state index >= 15 is 0 Å². The number of carbonyl (C=O) groups is 1. The third kappa shape index (κ3) is 2.23. The number of thiophene rings is 1. The predicted octanol–water partition coefficient (Wildman–Crippen LogP) is 2.37. The summed E-state index contributed by atoms with van der Waals surface area (Å²) in [6.45, 7) is 1.91. The molecule has 3 aromatic rings. The third-order valence-corrected chi connectivity index (χ3v) is 5.71. The normalized spacial score (nSPS) is 14.1. The molecule has 0 aromatic carbocycles. The zero-order chi connectivity index (χ0) is 16.8. The number of ether oxygens (including phenoxy) is 1. The van der Waals surface area contributed by atoms with Gasteiger partial charge in [-0.25, -0.2) is 9.97 Å². The Morgan fingerprint density at radius 1 is 1.33 bits per heavy atom. The Morgan fingerprint density at radius 2 is 2.08 bits per heavy atom. The maximum absolute atomic E-state index is 12.7. The van der Waals surface area contributed by atoms with Crippen molar-refractivity contribution < 1.29 is 9.53 Å². The number of carbonyl (C=O) groups excluding carboxylic acids is 1. The van der Waals surface area contributed by atoms with Crippen molar-refractivity contribution in [2.45, 2.75) is 39.2 Å². The average molecular weight is 343 g/mol. The molecular weight excluding hydrogens is 326 g/mol. The number of hydrogen-bond donors (Lipinski definition) is 0. The van der Waals surface area contributed by atoms with Crippen molar-refractivity contribution in [1.82, 2.24) is 14.5 Å². The Labute approximate surface area is 142 Å². The van der Waals surface area contributed by atoms with Crippen LogP contribution in [0.5, 0.6) is 0 Å². The Kier molecular flexibility index (Phi) is 3.60. The lowest BCUT2D eigenvalue weighted by molar-refractivity contribution is -0.141. The summed E-state index contributed by atoms with van der Waals surface area (Å²) < 4.78 is 6.49. The van der Waals surface area contributed by atoms with Crippen LogP contribution in [0.15, 0.2) is 11.1 Å². The van der Waals surface area contributed by atoms with Crippen LogP contribution >= 0.6 is 11.3 Å². The van der Waals surface area contributed by atoms with E-state index in [1.807, 2.05) is 6.92 Å². The van der Waals surface area contributed by atoms with Gasteiger partial charge in [-0.2, -0.15) is 0 Å². The van der Waals surface area contributed by atoms with Crippen LogP contribution in [-0.4, -0.2) is 27.6 Å². The standard InChI is InChI=1S/C17H17N3O3S/c1-9-10-5-3-4-6-11(10)13-14-15(24-16(13)19-9)17(22)20(8-18-14)7-12(21)23-2/h8H,3-7H2,1-2H3.